The Morgan fingerprint density at radius 1 is 1.17 bits per heavy atom. The van der Waals surface area contributed by atoms with Crippen LogP contribution >= 0.6 is 11.3 Å². The summed E-state index contributed by atoms with van der Waals surface area (Å²) in [7, 11) is 0. The first-order valence-electron chi connectivity index (χ1n) is 9.95. The number of anilines is 2. The zero-order valence-corrected chi connectivity index (χ0v) is 17.3. The van der Waals surface area contributed by atoms with Gasteiger partial charge in [-0.2, -0.15) is 4.98 Å². The molecule has 4 rings (SSSR count). The predicted octanol–water partition coefficient (Wildman–Crippen LogP) is 3.51. The highest BCUT2D eigenvalue weighted by molar-refractivity contribution is 7.13. The van der Waals surface area contributed by atoms with Crippen molar-refractivity contribution in [1.29, 1.82) is 0 Å². The van der Waals surface area contributed by atoms with Crippen LogP contribution < -0.4 is 10.2 Å². The molecule has 0 unspecified atom stereocenters. The van der Waals surface area contributed by atoms with Crippen LogP contribution in [0.15, 0.2) is 46.3 Å². The number of piperazine rings is 1. The van der Waals surface area contributed by atoms with Crippen molar-refractivity contribution in [2.75, 3.05) is 42.9 Å². The van der Waals surface area contributed by atoms with E-state index in [1.54, 1.807) is 11.3 Å². The Labute approximate surface area is 174 Å². The van der Waals surface area contributed by atoms with Crippen LogP contribution in [-0.2, 0) is 11.2 Å². The van der Waals surface area contributed by atoms with Crippen LogP contribution in [0.5, 0.6) is 0 Å². The number of aromatic nitrogens is 2. The molecule has 29 heavy (non-hydrogen) atoms. The summed E-state index contributed by atoms with van der Waals surface area (Å²) in [5.74, 6) is 0.987. The molecule has 3 aromatic rings. The van der Waals surface area contributed by atoms with Gasteiger partial charge in [-0.1, -0.05) is 18.1 Å². The summed E-state index contributed by atoms with van der Waals surface area (Å²) in [6.07, 6.45) is 0.719. The lowest BCUT2D eigenvalue weighted by Crippen LogP contribution is -2.46. The van der Waals surface area contributed by atoms with Crippen molar-refractivity contribution in [3.63, 3.8) is 0 Å². The maximum atomic E-state index is 12.3. The highest BCUT2D eigenvalue weighted by Crippen LogP contribution is 2.22. The van der Waals surface area contributed by atoms with Crippen LogP contribution in [0.25, 0.3) is 10.7 Å². The summed E-state index contributed by atoms with van der Waals surface area (Å²) in [6.45, 7) is 7.58. The Hall–Kier alpha value is -2.71. The van der Waals surface area contributed by atoms with Crippen molar-refractivity contribution < 1.29 is 9.32 Å². The van der Waals surface area contributed by atoms with Crippen LogP contribution in [0.3, 0.4) is 0 Å². The minimum atomic E-state index is -0.0646. The van der Waals surface area contributed by atoms with Gasteiger partial charge in [-0.25, -0.2) is 0 Å². The third kappa shape index (κ3) is 5.02. The molecule has 0 spiro atoms. The number of aryl methyl sites for hydroxylation is 1. The lowest BCUT2D eigenvalue weighted by atomic mass is 10.2. The van der Waals surface area contributed by atoms with E-state index < -0.39 is 0 Å². The maximum Gasteiger partial charge on any atom is 0.227 e. The summed E-state index contributed by atoms with van der Waals surface area (Å²) < 4.78 is 5.24. The Morgan fingerprint density at radius 2 is 1.97 bits per heavy atom. The summed E-state index contributed by atoms with van der Waals surface area (Å²) in [5.41, 5.74) is 2.00. The Kier molecular flexibility index (Phi) is 6.21. The van der Waals surface area contributed by atoms with Crippen molar-refractivity contribution >= 4 is 28.6 Å². The normalized spacial score (nSPS) is 14.9. The van der Waals surface area contributed by atoms with Crippen LogP contribution in [0.4, 0.5) is 11.4 Å². The van der Waals surface area contributed by atoms with E-state index in [1.165, 1.54) is 5.69 Å². The second-order valence-electron chi connectivity index (χ2n) is 7.01. The number of hydrogen-bond acceptors (Lipinski definition) is 7. The van der Waals surface area contributed by atoms with Gasteiger partial charge in [-0.3, -0.25) is 4.79 Å². The molecule has 2 aromatic heterocycles. The van der Waals surface area contributed by atoms with Gasteiger partial charge in [0.05, 0.1) is 4.88 Å². The summed E-state index contributed by atoms with van der Waals surface area (Å²) in [6, 6.07) is 12.0. The second kappa shape index (κ2) is 9.19. The van der Waals surface area contributed by atoms with Crippen LogP contribution in [0.2, 0.25) is 0 Å². The van der Waals surface area contributed by atoms with Gasteiger partial charge in [-0.15, -0.1) is 11.3 Å². The minimum absolute atomic E-state index is 0.0646. The van der Waals surface area contributed by atoms with E-state index in [9.17, 15) is 4.79 Å². The van der Waals surface area contributed by atoms with Crippen molar-refractivity contribution in [3.8, 4) is 10.7 Å². The number of thiophene rings is 1. The van der Waals surface area contributed by atoms with E-state index in [1.807, 2.05) is 29.6 Å². The number of carbonyl (C=O) groups excluding carboxylic acids is 1. The van der Waals surface area contributed by atoms with E-state index in [4.69, 9.17) is 4.52 Å². The van der Waals surface area contributed by atoms with Crippen molar-refractivity contribution in [3.05, 3.63) is 47.7 Å². The molecule has 3 heterocycles. The number of likely N-dealkylation sites (N-methyl/N-ethyl adjacent to an activating group) is 1. The van der Waals surface area contributed by atoms with Gasteiger partial charge < -0.3 is 19.6 Å². The molecule has 0 radical (unpaired) electrons. The van der Waals surface area contributed by atoms with E-state index in [-0.39, 0.29) is 5.91 Å². The molecule has 1 N–H and O–H groups in total. The summed E-state index contributed by atoms with van der Waals surface area (Å²) >= 11 is 1.56. The SMILES string of the molecule is CCN1CCN(c2ccc(NC(=O)CCc3nc(-c4cccs4)no3)cc2)CC1. The van der Waals surface area contributed by atoms with Crippen LogP contribution in [0, 0.1) is 0 Å². The summed E-state index contributed by atoms with van der Waals surface area (Å²) in [5, 5.41) is 8.88. The third-order valence-electron chi connectivity index (χ3n) is 5.11. The lowest BCUT2D eigenvalue weighted by Gasteiger charge is -2.35. The highest BCUT2D eigenvalue weighted by Gasteiger charge is 2.16. The molecule has 0 saturated carbocycles. The van der Waals surface area contributed by atoms with Crippen LogP contribution in [0.1, 0.15) is 19.2 Å². The first-order chi connectivity index (χ1) is 14.2. The number of benzene rings is 1. The predicted molar refractivity (Wildman–Crippen MR) is 115 cm³/mol. The standard InChI is InChI=1S/C21H25N5O2S/c1-2-25-11-13-26(14-12-25)17-7-5-16(6-8-17)22-19(27)9-10-20-23-21(24-28-20)18-4-3-15-29-18/h3-8,15H,2,9-14H2,1H3,(H,22,27). The zero-order valence-electron chi connectivity index (χ0n) is 16.5. The number of amides is 1. The molecule has 0 bridgehead atoms. The molecule has 1 fully saturated rings. The van der Waals surface area contributed by atoms with E-state index in [2.05, 4.69) is 44.3 Å². The van der Waals surface area contributed by atoms with Crippen LogP contribution in [-0.4, -0.2) is 53.7 Å². The molecule has 0 aliphatic carbocycles. The average molecular weight is 412 g/mol. The molecule has 152 valence electrons. The van der Waals surface area contributed by atoms with Crippen molar-refractivity contribution in [1.82, 2.24) is 15.0 Å². The van der Waals surface area contributed by atoms with E-state index >= 15 is 0 Å². The van der Waals surface area contributed by atoms with Crippen molar-refractivity contribution in [2.24, 2.45) is 0 Å². The molecule has 1 saturated heterocycles. The molecular weight excluding hydrogens is 386 g/mol. The molecule has 1 aromatic carbocycles. The van der Waals surface area contributed by atoms with Gasteiger partial charge in [0.15, 0.2) is 0 Å². The Morgan fingerprint density at radius 3 is 2.66 bits per heavy atom. The van der Waals surface area contributed by atoms with Gasteiger partial charge in [0.1, 0.15) is 0 Å². The molecule has 7 nitrogen and oxygen atoms in total. The number of hydrogen-bond donors (Lipinski definition) is 1. The number of carbonyl (C=O) groups is 1. The van der Waals surface area contributed by atoms with E-state index in [0.717, 1.165) is 43.3 Å². The van der Waals surface area contributed by atoms with Gasteiger partial charge in [0.25, 0.3) is 0 Å². The molecule has 8 heteroatoms. The monoisotopic (exact) mass is 411 g/mol. The van der Waals surface area contributed by atoms with E-state index in [0.29, 0.717) is 24.6 Å². The molecule has 1 aliphatic heterocycles. The maximum absolute atomic E-state index is 12.3. The molecule has 1 amide bonds. The van der Waals surface area contributed by atoms with Gasteiger partial charge in [0, 0.05) is 50.4 Å². The topological polar surface area (TPSA) is 74.5 Å². The van der Waals surface area contributed by atoms with Gasteiger partial charge in [-0.05, 0) is 42.3 Å². The first kappa shape index (κ1) is 19.6. The smallest absolute Gasteiger partial charge is 0.227 e. The molecular formula is C21H25N5O2S. The summed E-state index contributed by atoms with van der Waals surface area (Å²) in [4.78, 5) is 22.4. The average Bonchev–Trinajstić information content (AvgIpc) is 3.45. The quantitative estimate of drug-likeness (QED) is 0.641. The lowest BCUT2D eigenvalue weighted by molar-refractivity contribution is -0.116. The van der Waals surface area contributed by atoms with Crippen molar-refractivity contribution in [2.45, 2.75) is 19.8 Å². The van der Waals surface area contributed by atoms with Gasteiger partial charge >= 0.3 is 0 Å². The first-order valence-corrected chi connectivity index (χ1v) is 10.8. The largest absolute Gasteiger partial charge is 0.369 e. The number of nitrogens with zero attached hydrogens (tertiary/aromatic N) is 4. The second-order valence-corrected chi connectivity index (χ2v) is 7.95. The molecule has 1 aliphatic rings. The Bertz CT molecular complexity index is 915. The zero-order chi connectivity index (χ0) is 20.1. The number of nitrogens with one attached hydrogen (secondary N) is 1. The van der Waals surface area contributed by atoms with Gasteiger partial charge in [0.2, 0.25) is 17.6 Å². The molecule has 0 atom stereocenters. The number of rotatable bonds is 7. The fraction of sp³-hybridized carbons (Fsp3) is 0.381. The third-order valence-corrected chi connectivity index (χ3v) is 5.98. The fourth-order valence-electron chi connectivity index (χ4n) is 3.38. The minimum Gasteiger partial charge on any atom is -0.369 e. The fourth-order valence-corrected chi connectivity index (χ4v) is 4.03. The Balaban J connectivity index is 1.25. The highest BCUT2D eigenvalue weighted by atomic mass is 32.1.